The van der Waals surface area contributed by atoms with Gasteiger partial charge in [0.1, 0.15) is 5.92 Å². The first-order valence-corrected chi connectivity index (χ1v) is 8.39. The van der Waals surface area contributed by atoms with Gasteiger partial charge in [-0.05, 0) is 6.92 Å². The Hall–Kier alpha value is -0.950. The molecule has 0 aliphatic carbocycles. The van der Waals surface area contributed by atoms with Crippen LogP contribution in [-0.4, -0.2) is 76.3 Å². The van der Waals surface area contributed by atoms with Crippen LogP contribution >= 0.6 is 11.8 Å². The van der Waals surface area contributed by atoms with Gasteiger partial charge >= 0.3 is 12.0 Å². The molecule has 2 amide bonds. The standard InChI is InChI=1S/C14H24N2O4S/c1-4-16(12-8-20-7-11(12)13(17)18)14(19)15-5-9(2)21-10(3)6-15/h9-12H,4-8H2,1-3H3,(H,17,18). The minimum Gasteiger partial charge on any atom is -0.481 e. The first-order chi connectivity index (χ1) is 9.93. The van der Waals surface area contributed by atoms with Crippen LogP contribution in [0.1, 0.15) is 20.8 Å². The third kappa shape index (κ3) is 3.63. The van der Waals surface area contributed by atoms with Crippen molar-refractivity contribution in [3.63, 3.8) is 0 Å². The number of urea groups is 1. The number of hydrogen-bond donors (Lipinski definition) is 1. The van der Waals surface area contributed by atoms with E-state index in [1.807, 2.05) is 23.6 Å². The second kappa shape index (κ2) is 6.87. The molecule has 0 aromatic heterocycles. The average Bonchev–Trinajstić information content (AvgIpc) is 2.87. The highest BCUT2D eigenvalue weighted by Crippen LogP contribution is 2.27. The molecule has 2 aliphatic rings. The van der Waals surface area contributed by atoms with Crippen LogP contribution in [0.3, 0.4) is 0 Å². The number of carboxylic acids is 1. The summed E-state index contributed by atoms with van der Waals surface area (Å²) in [6, 6.07) is -0.418. The lowest BCUT2D eigenvalue weighted by Gasteiger charge is -2.39. The Morgan fingerprint density at radius 3 is 2.43 bits per heavy atom. The molecule has 2 rings (SSSR count). The summed E-state index contributed by atoms with van der Waals surface area (Å²) in [7, 11) is 0. The molecule has 2 aliphatic heterocycles. The molecule has 2 heterocycles. The van der Waals surface area contributed by atoms with Crippen LogP contribution < -0.4 is 0 Å². The predicted octanol–water partition coefficient (Wildman–Crippen LogP) is 1.35. The highest BCUT2D eigenvalue weighted by molar-refractivity contribution is 8.00. The molecule has 0 bridgehead atoms. The molecule has 21 heavy (non-hydrogen) atoms. The van der Waals surface area contributed by atoms with Gasteiger partial charge in [0.15, 0.2) is 0 Å². The van der Waals surface area contributed by atoms with E-state index in [1.165, 1.54) is 0 Å². The number of thioether (sulfide) groups is 1. The monoisotopic (exact) mass is 316 g/mol. The quantitative estimate of drug-likeness (QED) is 0.851. The summed E-state index contributed by atoms with van der Waals surface area (Å²) in [5.41, 5.74) is 0. The van der Waals surface area contributed by atoms with E-state index in [2.05, 4.69) is 13.8 Å². The van der Waals surface area contributed by atoms with Crippen molar-refractivity contribution >= 4 is 23.8 Å². The van der Waals surface area contributed by atoms with Gasteiger partial charge < -0.3 is 19.6 Å². The smallest absolute Gasteiger partial charge is 0.320 e. The van der Waals surface area contributed by atoms with Crippen LogP contribution in [0.2, 0.25) is 0 Å². The van der Waals surface area contributed by atoms with Crippen LogP contribution in [0.25, 0.3) is 0 Å². The van der Waals surface area contributed by atoms with E-state index in [-0.39, 0.29) is 18.7 Å². The molecule has 0 aromatic rings. The Morgan fingerprint density at radius 1 is 1.29 bits per heavy atom. The Labute approximate surface area is 129 Å². The lowest BCUT2D eigenvalue weighted by molar-refractivity contribution is -0.142. The third-order valence-electron chi connectivity index (χ3n) is 4.04. The van der Waals surface area contributed by atoms with Crippen molar-refractivity contribution in [2.45, 2.75) is 37.3 Å². The summed E-state index contributed by atoms with van der Waals surface area (Å²) in [5.74, 6) is -1.51. The van der Waals surface area contributed by atoms with Crippen molar-refractivity contribution in [3.05, 3.63) is 0 Å². The SMILES string of the molecule is CCN(C(=O)N1CC(C)SC(C)C1)C1COCC1C(=O)O. The molecule has 2 saturated heterocycles. The number of nitrogens with zero attached hydrogens (tertiary/aromatic N) is 2. The van der Waals surface area contributed by atoms with E-state index < -0.39 is 11.9 Å². The van der Waals surface area contributed by atoms with Gasteiger partial charge in [-0.3, -0.25) is 4.79 Å². The van der Waals surface area contributed by atoms with E-state index in [0.29, 0.717) is 23.7 Å². The fraction of sp³-hybridized carbons (Fsp3) is 0.857. The molecule has 7 heteroatoms. The number of amides is 2. The summed E-state index contributed by atoms with van der Waals surface area (Å²) in [6.07, 6.45) is 0. The fourth-order valence-electron chi connectivity index (χ4n) is 3.11. The van der Waals surface area contributed by atoms with E-state index >= 15 is 0 Å². The second-order valence-electron chi connectivity index (χ2n) is 5.78. The molecule has 6 nitrogen and oxygen atoms in total. The fourth-order valence-corrected chi connectivity index (χ4v) is 4.44. The third-order valence-corrected chi connectivity index (χ3v) is 5.27. The topological polar surface area (TPSA) is 70.1 Å². The van der Waals surface area contributed by atoms with Crippen molar-refractivity contribution in [2.75, 3.05) is 32.8 Å². The molecule has 0 saturated carbocycles. The zero-order valence-corrected chi connectivity index (χ0v) is 13.6. The molecule has 4 unspecified atom stereocenters. The highest BCUT2D eigenvalue weighted by atomic mass is 32.2. The van der Waals surface area contributed by atoms with Gasteiger partial charge in [-0.15, -0.1) is 0 Å². The lowest BCUT2D eigenvalue weighted by Crippen LogP contribution is -2.55. The largest absolute Gasteiger partial charge is 0.481 e. The average molecular weight is 316 g/mol. The number of likely N-dealkylation sites (N-methyl/N-ethyl adjacent to an activating group) is 1. The highest BCUT2D eigenvalue weighted by Gasteiger charge is 2.41. The molecule has 120 valence electrons. The number of carbonyl (C=O) groups excluding carboxylic acids is 1. The van der Waals surface area contributed by atoms with E-state index in [1.54, 1.807) is 4.90 Å². The summed E-state index contributed by atoms with van der Waals surface area (Å²) in [6.45, 7) is 8.57. The Balaban J connectivity index is 2.09. The van der Waals surface area contributed by atoms with Crippen molar-refractivity contribution in [2.24, 2.45) is 5.92 Å². The number of hydrogen-bond acceptors (Lipinski definition) is 4. The van der Waals surface area contributed by atoms with Gasteiger partial charge in [0, 0.05) is 30.1 Å². The zero-order chi connectivity index (χ0) is 15.6. The van der Waals surface area contributed by atoms with Crippen molar-refractivity contribution < 1.29 is 19.4 Å². The molecule has 0 spiro atoms. The molecular weight excluding hydrogens is 292 g/mol. The predicted molar refractivity (Wildman–Crippen MR) is 81.6 cm³/mol. The summed E-state index contributed by atoms with van der Waals surface area (Å²) in [4.78, 5) is 27.6. The minimum atomic E-state index is -0.889. The molecule has 4 atom stereocenters. The molecular formula is C14H24N2O4S. The number of rotatable bonds is 3. The van der Waals surface area contributed by atoms with Gasteiger partial charge in [0.25, 0.3) is 0 Å². The number of carboxylic acid groups (broad SMARTS) is 1. The van der Waals surface area contributed by atoms with Gasteiger partial charge in [0.05, 0.1) is 19.3 Å². The van der Waals surface area contributed by atoms with E-state index in [4.69, 9.17) is 4.74 Å². The number of aliphatic carboxylic acids is 1. The normalized spacial score (nSPS) is 33.0. The Kier molecular flexibility index (Phi) is 5.37. The van der Waals surface area contributed by atoms with E-state index in [9.17, 15) is 14.7 Å². The van der Waals surface area contributed by atoms with Gasteiger partial charge in [-0.25, -0.2) is 4.79 Å². The van der Waals surface area contributed by atoms with E-state index in [0.717, 1.165) is 13.1 Å². The molecule has 1 N–H and O–H groups in total. The zero-order valence-electron chi connectivity index (χ0n) is 12.8. The summed E-state index contributed by atoms with van der Waals surface area (Å²) in [5, 5.41) is 10.1. The maximum atomic E-state index is 12.8. The summed E-state index contributed by atoms with van der Waals surface area (Å²) < 4.78 is 5.30. The van der Waals surface area contributed by atoms with Crippen LogP contribution in [0, 0.1) is 5.92 Å². The number of carbonyl (C=O) groups is 2. The van der Waals surface area contributed by atoms with Gasteiger partial charge in [-0.2, -0.15) is 11.8 Å². The maximum absolute atomic E-state index is 12.8. The molecule has 2 fully saturated rings. The molecule has 0 aromatic carbocycles. The van der Waals surface area contributed by atoms with Crippen molar-refractivity contribution in [1.29, 1.82) is 0 Å². The van der Waals surface area contributed by atoms with Gasteiger partial charge in [-0.1, -0.05) is 13.8 Å². The van der Waals surface area contributed by atoms with Crippen LogP contribution in [0.4, 0.5) is 4.79 Å². The lowest BCUT2D eigenvalue weighted by atomic mass is 10.0. The van der Waals surface area contributed by atoms with Crippen LogP contribution in [-0.2, 0) is 9.53 Å². The first-order valence-electron chi connectivity index (χ1n) is 7.45. The Bertz CT molecular complexity index is 396. The second-order valence-corrected chi connectivity index (χ2v) is 7.66. The minimum absolute atomic E-state index is 0.0572. The Morgan fingerprint density at radius 2 is 1.90 bits per heavy atom. The van der Waals surface area contributed by atoms with Crippen molar-refractivity contribution in [3.8, 4) is 0 Å². The maximum Gasteiger partial charge on any atom is 0.320 e. The van der Waals surface area contributed by atoms with Crippen LogP contribution in [0.5, 0.6) is 0 Å². The number of ether oxygens (including phenoxy) is 1. The van der Waals surface area contributed by atoms with Gasteiger partial charge in [0.2, 0.25) is 0 Å². The van der Waals surface area contributed by atoms with Crippen molar-refractivity contribution in [1.82, 2.24) is 9.80 Å². The first kappa shape index (κ1) is 16.4. The molecule has 0 radical (unpaired) electrons. The van der Waals surface area contributed by atoms with Crippen LogP contribution in [0.15, 0.2) is 0 Å². The summed E-state index contributed by atoms with van der Waals surface area (Å²) >= 11 is 1.89.